The van der Waals surface area contributed by atoms with Crippen molar-refractivity contribution in [3.63, 3.8) is 0 Å². The number of likely N-dealkylation sites (N-methyl/N-ethyl adjacent to an activating group) is 1. The predicted octanol–water partition coefficient (Wildman–Crippen LogP) is -4.64. The maximum absolute atomic E-state index is 12.3. The minimum Gasteiger partial charge on any atom is -0.543 e. The van der Waals surface area contributed by atoms with Gasteiger partial charge in [-0.15, -0.1) is 11.8 Å². The van der Waals surface area contributed by atoms with Crippen molar-refractivity contribution < 1.29 is 54.2 Å². The van der Waals surface area contributed by atoms with E-state index in [1.54, 1.807) is 21.0 Å². The van der Waals surface area contributed by atoms with Gasteiger partial charge in [0.05, 0.1) is 35.8 Å². The molecule has 0 aromatic carbocycles. The fourth-order valence-corrected chi connectivity index (χ4v) is 5.62. The number of nitrogens with zero attached hydrogens (tertiary/aromatic N) is 2. The van der Waals surface area contributed by atoms with E-state index in [1.165, 1.54) is 21.6 Å². The Labute approximate surface area is 185 Å². The number of rotatable bonds is 5. The number of hydrogen-bond donors (Lipinski definition) is 2. The summed E-state index contributed by atoms with van der Waals surface area (Å²) in [5.41, 5.74) is -0.0724. The zero-order valence-electron chi connectivity index (χ0n) is 16.3. The van der Waals surface area contributed by atoms with Crippen LogP contribution in [-0.4, -0.2) is 76.8 Å². The fourth-order valence-electron chi connectivity index (χ4n) is 4.14. The van der Waals surface area contributed by atoms with Crippen LogP contribution in [0.2, 0.25) is 0 Å². The van der Waals surface area contributed by atoms with Gasteiger partial charge in [-0.3, -0.25) is 9.59 Å². The molecular weight excluding hydrogens is 381 g/mol. The molecule has 2 saturated heterocycles. The molecule has 0 bridgehead atoms. The van der Waals surface area contributed by atoms with Crippen molar-refractivity contribution in [1.82, 2.24) is 15.1 Å². The standard InChI is InChI=1S/C17H25N3O5S.Na/c1-7-12-11(8(2)21)16(23)20(12)13(17(24)25)14(7)26-9-5-10(18-6-9)15(22)19(3)4;/h7-12,18,21H,5-6H2,1-4H3,(H,24,25);/q;+1/p-1/t7-,8-,9+,10+,11+,12-;/m1./s1. The largest absolute Gasteiger partial charge is 1.00 e. The number of nitrogens with one attached hydrogen (secondary N) is 1. The summed E-state index contributed by atoms with van der Waals surface area (Å²) in [6.07, 6.45) is -0.231. The summed E-state index contributed by atoms with van der Waals surface area (Å²) in [4.78, 5) is 39.5. The van der Waals surface area contributed by atoms with Crippen molar-refractivity contribution in [2.75, 3.05) is 20.6 Å². The zero-order valence-corrected chi connectivity index (χ0v) is 19.1. The third-order valence-corrected chi connectivity index (χ3v) is 6.94. The molecule has 0 aromatic rings. The van der Waals surface area contributed by atoms with Gasteiger partial charge in [-0.1, -0.05) is 6.92 Å². The molecule has 2 fully saturated rings. The van der Waals surface area contributed by atoms with Crippen LogP contribution in [0.4, 0.5) is 0 Å². The Hall–Kier alpha value is -0.580. The number of aliphatic hydroxyl groups excluding tert-OH is 1. The maximum atomic E-state index is 12.3. The number of β-lactam (4-membered cyclic amide) rings is 1. The first-order valence-corrected chi connectivity index (χ1v) is 9.61. The number of carbonyl (C=O) groups is 3. The van der Waals surface area contributed by atoms with Crippen LogP contribution in [0.5, 0.6) is 0 Å². The quantitative estimate of drug-likeness (QED) is 0.349. The molecule has 0 saturated carbocycles. The average Bonchev–Trinajstić information content (AvgIpc) is 3.09. The molecule has 2 amide bonds. The van der Waals surface area contributed by atoms with E-state index in [0.29, 0.717) is 17.9 Å². The average molecular weight is 405 g/mol. The summed E-state index contributed by atoms with van der Waals surface area (Å²) < 4.78 is 0. The number of aliphatic hydroxyl groups is 1. The van der Waals surface area contributed by atoms with E-state index in [-0.39, 0.29) is 70.3 Å². The summed E-state index contributed by atoms with van der Waals surface area (Å²) in [5.74, 6) is -2.51. The van der Waals surface area contributed by atoms with Gasteiger partial charge < -0.3 is 30.1 Å². The van der Waals surface area contributed by atoms with Crippen LogP contribution in [0, 0.1) is 11.8 Å². The van der Waals surface area contributed by atoms with Gasteiger partial charge in [0.25, 0.3) is 0 Å². The first-order chi connectivity index (χ1) is 12.1. The van der Waals surface area contributed by atoms with Crippen molar-refractivity contribution in [2.45, 2.75) is 43.7 Å². The fraction of sp³-hybridized carbons (Fsp3) is 0.706. The van der Waals surface area contributed by atoms with E-state index in [1.807, 2.05) is 6.92 Å². The second-order valence-corrected chi connectivity index (χ2v) is 8.77. The Kier molecular flexibility index (Phi) is 7.08. The number of carboxylic acids is 1. The van der Waals surface area contributed by atoms with Crippen LogP contribution in [-0.2, 0) is 14.4 Å². The number of carboxylic acid groups (broad SMARTS) is 1. The molecule has 144 valence electrons. The van der Waals surface area contributed by atoms with Crippen molar-refractivity contribution >= 4 is 29.5 Å². The van der Waals surface area contributed by atoms with Crippen LogP contribution >= 0.6 is 11.8 Å². The number of fused-ring (bicyclic) bond motifs is 1. The summed E-state index contributed by atoms with van der Waals surface area (Å²) in [6.45, 7) is 4.02. The molecule has 3 aliphatic rings. The Morgan fingerprint density at radius 1 is 1.41 bits per heavy atom. The van der Waals surface area contributed by atoms with Crippen molar-refractivity contribution in [3.05, 3.63) is 10.6 Å². The van der Waals surface area contributed by atoms with Gasteiger partial charge in [-0.05, 0) is 13.3 Å². The van der Waals surface area contributed by atoms with Gasteiger partial charge in [0.1, 0.15) is 0 Å². The monoisotopic (exact) mass is 405 g/mol. The normalized spacial score (nSPS) is 33.3. The van der Waals surface area contributed by atoms with E-state index in [0.717, 1.165) is 0 Å². The SMILES string of the molecule is C[C@@H](O)[C@@H]1C(=O)N2C(C(=O)[O-])=C(S[C@@H]3CN[C@H](C(=O)N(C)C)C3)[C@H](C)[C@H]12.[Na+]. The van der Waals surface area contributed by atoms with E-state index >= 15 is 0 Å². The first kappa shape index (κ1) is 22.7. The second kappa shape index (κ2) is 8.42. The van der Waals surface area contributed by atoms with E-state index < -0.39 is 18.0 Å². The van der Waals surface area contributed by atoms with Crippen molar-refractivity contribution in [2.24, 2.45) is 11.8 Å². The molecule has 8 nitrogen and oxygen atoms in total. The molecule has 3 rings (SSSR count). The van der Waals surface area contributed by atoms with Gasteiger partial charge in [0, 0.05) is 36.7 Å². The van der Waals surface area contributed by atoms with Gasteiger partial charge in [0.2, 0.25) is 11.8 Å². The second-order valence-electron chi connectivity index (χ2n) is 7.42. The Morgan fingerprint density at radius 2 is 2.04 bits per heavy atom. The van der Waals surface area contributed by atoms with Crippen LogP contribution in [0.3, 0.4) is 0 Å². The minimum absolute atomic E-state index is 0. The summed E-state index contributed by atoms with van der Waals surface area (Å²) in [6, 6.07) is -0.624. The Balaban J connectivity index is 0.00000261. The smallest absolute Gasteiger partial charge is 0.543 e. The molecule has 3 heterocycles. The van der Waals surface area contributed by atoms with Crippen LogP contribution in [0.1, 0.15) is 20.3 Å². The molecule has 6 atom stereocenters. The Bertz CT molecular complexity index is 683. The molecule has 27 heavy (non-hydrogen) atoms. The molecule has 0 spiro atoms. The number of carbonyl (C=O) groups excluding carboxylic acids is 3. The van der Waals surface area contributed by atoms with Crippen LogP contribution < -0.4 is 40.0 Å². The molecule has 0 unspecified atom stereocenters. The molecule has 0 aromatic heterocycles. The summed E-state index contributed by atoms with van der Waals surface area (Å²) in [7, 11) is 3.40. The van der Waals surface area contributed by atoms with Gasteiger partial charge in [-0.25, -0.2) is 0 Å². The van der Waals surface area contributed by atoms with Crippen molar-refractivity contribution in [1.29, 1.82) is 0 Å². The topological polar surface area (TPSA) is 113 Å². The first-order valence-electron chi connectivity index (χ1n) is 8.73. The molecule has 10 heteroatoms. The van der Waals surface area contributed by atoms with E-state index in [4.69, 9.17) is 0 Å². The number of amides is 2. The maximum Gasteiger partial charge on any atom is 1.00 e. The summed E-state index contributed by atoms with van der Waals surface area (Å²) in [5, 5.41) is 24.8. The van der Waals surface area contributed by atoms with Crippen LogP contribution in [0.25, 0.3) is 0 Å². The van der Waals surface area contributed by atoms with E-state index in [9.17, 15) is 24.6 Å². The van der Waals surface area contributed by atoms with E-state index in [2.05, 4.69) is 5.32 Å². The molecule has 2 N–H and O–H groups in total. The molecule has 3 aliphatic heterocycles. The minimum atomic E-state index is -1.37. The number of aliphatic carboxylic acids is 1. The van der Waals surface area contributed by atoms with Gasteiger partial charge in [0.15, 0.2) is 0 Å². The third-order valence-electron chi connectivity index (χ3n) is 5.42. The predicted molar refractivity (Wildman–Crippen MR) is 93.5 cm³/mol. The van der Waals surface area contributed by atoms with Crippen molar-refractivity contribution in [3.8, 4) is 0 Å². The van der Waals surface area contributed by atoms with Crippen LogP contribution in [0.15, 0.2) is 10.6 Å². The number of thioether (sulfide) groups is 1. The third kappa shape index (κ3) is 3.82. The number of hydrogen-bond acceptors (Lipinski definition) is 7. The zero-order chi connectivity index (χ0) is 19.3. The van der Waals surface area contributed by atoms with Gasteiger partial charge in [-0.2, -0.15) is 0 Å². The molecule has 0 aliphatic carbocycles. The summed E-state index contributed by atoms with van der Waals surface area (Å²) >= 11 is 1.41. The Morgan fingerprint density at radius 3 is 2.56 bits per heavy atom. The van der Waals surface area contributed by atoms with Gasteiger partial charge >= 0.3 is 29.6 Å². The molecule has 0 radical (unpaired) electrons. The molecular formula is C17H24N3NaO5S.